The molecule has 1 rings (SSSR count). The molecule has 3 N–H and O–H groups in total. The molecule has 0 radical (unpaired) electrons. The molecule has 1 aromatic heterocycles. The summed E-state index contributed by atoms with van der Waals surface area (Å²) in [4.78, 5) is 10.4. The minimum Gasteiger partial charge on any atom is -0.379 e. The summed E-state index contributed by atoms with van der Waals surface area (Å²) in [6.07, 6.45) is 1.43. The van der Waals surface area contributed by atoms with Gasteiger partial charge in [0.25, 0.3) is 0 Å². The summed E-state index contributed by atoms with van der Waals surface area (Å²) in [5.74, 6) is 0.00694. The number of nitrogens with zero attached hydrogens (tertiary/aromatic N) is 1. The minimum absolute atomic E-state index is 0. The van der Waals surface area contributed by atoms with Gasteiger partial charge in [-0.2, -0.15) is 5.10 Å². The van der Waals surface area contributed by atoms with Crippen LogP contribution in [-0.2, 0) is 0 Å². The van der Waals surface area contributed by atoms with E-state index in [0.29, 0.717) is 0 Å². The van der Waals surface area contributed by atoms with E-state index in [1.165, 1.54) is 12.3 Å². The Morgan fingerprint density at radius 2 is 2.33 bits per heavy atom. The van der Waals surface area contributed by atoms with E-state index in [1.54, 1.807) is 0 Å². The van der Waals surface area contributed by atoms with Crippen LogP contribution in [0.1, 0.15) is 0 Å². The second kappa shape index (κ2) is 3.09. The van der Waals surface area contributed by atoms with Crippen LogP contribution in [0.4, 0.5) is 5.82 Å². The van der Waals surface area contributed by atoms with Gasteiger partial charge in [-0.15, -0.1) is 12.4 Å². The third-order valence-electron chi connectivity index (χ3n) is 0.747. The molecule has 4 nitrogen and oxygen atoms in total. The molecular weight excluding hydrogens is 142 g/mol. The zero-order valence-corrected chi connectivity index (χ0v) is 5.31. The topological polar surface area (TPSA) is 71.8 Å². The molecule has 1 aromatic rings. The van der Waals surface area contributed by atoms with Crippen molar-refractivity contribution in [1.82, 2.24) is 10.2 Å². The van der Waals surface area contributed by atoms with Crippen LogP contribution < -0.4 is 11.2 Å². The highest BCUT2D eigenvalue weighted by atomic mass is 35.5. The highest BCUT2D eigenvalue weighted by molar-refractivity contribution is 5.85. The Hall–Kier alpha value is -1.03. The normalized spacial score (nSPS) is 8.00. The summed E-state index contributed by atoms with van der Waals surface area (Å²) >= 11 is 0. The van der Waals surface area contributed by atoms with Gasteiger partial charge in [-0.25, -0.2) is 0 Å². The molecule has 5 heteroatoms. The zero-order chi connectivity index (χ0) is 5.98. The van der Waals surface area contributed by atoms with E-state index >= 15 is 0 Å². The number of nitrogen functional groups attached to an aromatic ring is 1. The van der Waals surface area contributed by atoms with Gasteiger partial charge >= 0.3 is 0 Å². The number of halogens is 1. The van der Waals surface area contributed by atoms with Gasteiger partial charge < -0.3 is 5.73 Å². The summed E-state index contributed by atoms with van der Waals surface area (Å²) < 4.78 is 0. The van der Waals surface area contributed by atoms with E-state index in [1.807, 2.05) is 0 Å². The number of nitrogens with one attached hydrogen (secondary N) is 1. The smallest absolute Gasteiger partial charge is 0.223 e. The SMILES string of the molecule is Cl.Nc1n[nH]ccc1=O. The summed E-state index contributed by atoms with van der Waals surface area (Å²) in [6, 6.07) is 1.32. The lowest BCUT2D eigenvalue weighted by atomic mass is 10.5. The standard InChI is InChI=1S/C4H5N3O.ClH/c5-4-3(8)1-2-6-7-4;/h1-2H,(H2,5,7)(H,6,8);1H. The number of H-pyrrole nitrogens is 1. The Morgan fingerprint density at radius 1 is 1.67 bits per heavy atom. The van der Waals surface area contributed by atoms with Crippen molar-refractivity contribution in [1.29, 1.82) is 0 Å². The summed E-state index contributed by atoms with van der Waals surface area (Å²) in [6.45, 7) is 0. The van der Waals surface area contributed by atoms with Gasteiger partial charge in [0.2, 0.25) is 5.43 Å². The van der Waals surface area contributed by atoms with E-state index in [9.17, 15) is 4.79 Å². The lowest BCUT2D eigenvalue weighted by Crippen LogP contribution is -2.08. The molecule has 0 aliphatic heterocycles. The highest BCUT2D eigenvalue weighted by Gasteiger charge is 1.86. The van der Waals surface area contributed by atoms with Crippen molar-refractivity contribution in [3.63, 3.8) is 0 Å². The number of rotatable bonds is 0. The third kappa shape index (κ3) is 1.73. The maximum absolute atomic E-state index is 10.4. The van der Waals surface area contributed by atoms with E-state index in [0.717, 1.165) is 0 Å². The number of aromatic nitrogens is 2. The molecule has 0 amide bonds. The van der Waals surface area contributed by atoms with E-state index in [4.69, 9.17) is 5.73 Å². The van der Waals surface area contributed by atoms with Crippen LogP contribution in [0, 0.1) is 0 Å². The average molecular weight is 148 g/mol. The molecule has 1 heterocycles. The molecular formula is C4H6ClN3O. The molecule has 9 heavy (non-hydrogen) atoms. The molecule has 0 atom stereocenters. The molecule has 0 saturated heterocycles. The monoisotopic (exact) mass is 147 g/mol. The number of anilines is 1. The molecule has 0 unspecified atom stereocenters. The first-order chi connectivity index (χ1) is 3.80. The first-order valence-electron chi connectivity index (χ1n) is 2.10. The second-order valence-electron chi connectivity index (χ2n) is 1.32. The largest absolute Gasteiger partial charge is 0.379 e. The van der Waals surface area contributed by atoms with Crippen LogP contribution in [0.3, 0.4) is 0 Å². The predicted molar refractivity (Wildman–Crippen MR) is 36.5 cm³/mol. The number of hydrogen-bond acceptors (Lipinski definition) is 3. The maximum Gasteiger partial charge on any atom is 0.223 e. The van der Waals surface area contributed by atoms with Crippen molar-refractivity contribution < 1.29 is 0 Å². The molecule has 0 spiro atoms. The van der Waals surface area contributed by atoms with Crippen molar-refractivity contribution >= 4 is 18.2 Å². The van der Waals surface area contributed by atoms with Crippen molar-refractivity contribution in [2.75, 3.05) is 5.73 Å². The van der Waals surface area contributed by atoms with Crippen LogP contribution in [0.15, 0.2) is 17.1 Å². The molecule has 0 bridgehead atoms. The summed E-state index contributed by atoms with van der Waals surface area (Å²) in [5.41, 5.74) is 4.82. The Balaban J connectivity index is 0.000000640. The van der Waals surface area contributed by atoms with E-state index < -0.39 is 0 Å². The van der Waals surface area contributed by atoms with Crippen LogP contribution >= 0.6 is 12.4 Å². The quantitative estimate of drug-likeness (QED) is 0.533. The zero-order valence-electron chi connectivity index (χ0n) is 4.50. The molecule has 0 saturated carbocycles. The Kier molecular flexibility index (Phi) is 2.73. The van der Waals surface area contributed by atoms with Gasteiger partial charge in [-0.3, -0.25) is 9.89 Å². The molecule has 0 fully saturated rings. The van der Waals surface area contributed by atoms with Crippen molar-refractivity contribution in [2.24, 2.45) is 0 Å². The van der Waals surface area contributed by atoms with Crippen LogP contribution in [0.25, 0.3) is 0 Å². The summed E-state index contributed by atoms with van der Waals surface area (Å²) in [7, 11) is 0. The van der Waals surface area contributed by atoms with Crippen LogP contribution in [-0.4, -0.2) is 10.2 Å². The van der Waals surface area contributed by atoms with E-state index in [-0.39, 0.29) is 23.7 Å². The fourth-order valence-corrected chi connectivity index (χ4v) is 0.360. The lowest BCUT2D eigenvalue weighted by molar-refractivity contribution is 1.03. The fourth-order valence-electron chi connectivity index (χ4n) is 0.360. The first-order valence-corrected chi connectivity index (χ1v) is 2.10. The average Bonchev–Trinajstić information content (AvgIpc) is 1.77. The molecule has 50 valence electrons. The third-order valence-corrected chi connectivity index (χ3v) is 0.747. The van der Waals surface area contributed by atoms with Gasteiger partial charge in [0.05, 0.1) is 0 Å². The summed E-state index contributed by atoms with van der Waals surface area (Å²) in [5, 5.41) is 5.85. The number of hydrogen-bond donors (Lipinski definition) is 2. The maximum atomic E-state index is 10.4. The number of aromatic amines is 1. The van der Waals surface area contributed by atoms with Crippen molar-refractivity contribution in [3.8, 4) is 0 Å². The van der Waals surface area contributed by atoms with Gasteiger partial charge in [-0.05, 0) is 0 Å². The van der Waals surface area contributed by atoms with E-state index in [2.05, 4.69) is 10.2 Å². The van der Waals surface area contributed by atoms with Crippen molar-refractivity contribution in [3.05, 3.63) is 22.5 Å². The highest BCUT2D eigenvalue weighted by Crippen LogP contribution is 1.75. The van der Waals surface area contributed by atoms with Crippen LogP contribution in [0.5, 0.6) is 0 Å². The number of nitrogens with two attached hydrogens (primary N) is 1. The Morgan fingerprint density at radius 3 is 2.67 bits per heavy atom. The van der Waals surface area contributed by atoms with Gasteiger partial charge in [0, 0.05) is 12.3 Å². The van der Waals surface area contributed by atoms with Crippen LogP contribution in [0.2, 0.25) is 0 Å². The predicted octanol–water partition coefficient (Wildman–Crippen LogP) is -0.226. The van der Waals surface area contributed by atoms with Gasteiger partial charge in [-0.1, -0.05) is 0 Å². The molecule has 0 aliphatic rings. The first kappa shape index (κ1) is 7.97. The lowest BCUT2D eigenvalue weighted by Gasteiger charge is -1.83. The Labute approximate surface area is 57.5 Å². The fraction of sp³-hybridized carbons (Fsp3) is 0. The minimum atomic E-state index is -0.247. The molecule has 0 aliphatic carbocycles. The van der Waals surface area contributed by atoms with Crippen molar-refractivity contribution in [2.45, 2.75) is 0 Å². The van der Waals surface area contributed by atoms with Gasteiger partial charge in [0.15, 0.2) is 5.82 Å². The molecule has 0 aromatic carbocycles. The van der Waals surface area contributed by atoms with Gasteiger partial charge in [0.1, 0.15) is 0 Å². The Bertz CT molecular complexity index is 233. The second-order valence-corrected chi connectivity index (χ2v) is 1.32.